The van der Waals surface area contributed by atoms with Crippen LogP contribution in [0.15, 0.2) is 18.2 Å². The summed E-state index contributed by atoms with van der Waals surface area (Å²) in [6.45, 7) is 11.5. The number of hydrogen-bond acceptors (Lipinski definition) is 3. The lowest BCUT2D eigenvalue weighted by molar-refractivity contribution is 0.0777. The predicted molar refractivity (Wildman–Crippen MR) is 88.0 cm³/mol. The van der Waals surface area contributed by atoms with Gasteiger partial charge in [-0.05, 0) is 59.3 Å². The number of nitrogens with zero attached hydrogens (tertiary/aromatic N) is 2. The summed E-state index contributed by atoms with van der Waals surface area (Å²) in [5.74, 6) is 0.257. The van der Waals surface area contributed by atoms with Crippen LogP contribution < -0.4 is 0 Å². The van der Waals surface area contributed by atoms with Crippen LogP contribution in [0.2, 0.25) is 0 Å². The Balaban J connectivity index is 2.20. The van der Waals surface area contributed by atoms with E-state index >= 15 is 0 Å². The minimum atomic E-state index is -0.0491. The third-order valence-electron chi connectivity index (χ3n) is 4.63. The van der Waals surface area contributed by atoms with Gasteiger partial charge in [-0.15, -0.1) is 0 Å². The zero-order chi connectivity index (χ0) is 15.6. The first-order valence-electron chi connectivity index (χ1n) is 7.96. The third-order valence-corrected chi connectivity index (χ3v) is 4.63. The Bertz CT molecular complexity index is 512. The number of likely N-dealkylation sites (N-methyl/N-ethyl adjacent to an activating group) is 1. The van der Waals surface area contributed by atoms with Crippen LogP contribution in [0.3, 0.4) is 0 Å². The maximum absolute atomic E-state index is 12.9. The summed E-state index contributed by atoms with van der Waals surface area (Å²) in [6.07, 6.45) is 1.13. The molecule has 1 aliphatic rings. The predicted octanol–water partition coefficient (Wildman–Crippen LogP) is 2.90. The highest BCUT2D eigenvalue weighted by atomic mass is 16.1. The highest BCUT2D eigenvalue weighted by Crippen LogP contribution is 2.19. The molecule has 1 fully saturated rings. The maximum atomic E-state index is 12.9. The van der Waals surface area contributed by atoms with Crippen LogP contribution in [0, 0.1) is 13.8 Å². The van der Waals surface area contributed by atoms with E-state index < -0.39 is 0 Å². The van der Waals surface area contributed by atoms with Gasteiger partial charge in [0.15, 0.2) is 5.78 Å². The summed E-state index contributed by atoms with van der Waals surface area (Å²) in [6, 6.07) is 6.52. The number of aryl methyl sites for hydroxylation is 2. The molecule has 3 heteroatoms. The quantitative estimate of drug-likeness (QED) is 0.799. The second-order valence-corrected chi connectivity index (χ2v) is 6.56. The Morgan fingerprint density at radius 3 is 2.71 bits per heavy atom. The fourth-order valence-electron chi connectivity index (χ4n) is 3.34. The topological polar surface area (TPSA) is 23.6 Å². The molecule has 1 heterocycles. The van der Waals surface area contributed by atoms with Gasteiger partial charge in [-0.1, -0.05) is 17.7 Å². The Morgan fingerprint density at radius 2 is 2.00 bits per heavy atom. The van der Waals surface area contributed by atoms with Crippen LogP contribution in [-0.2, 0) is 0 Å². The Labute approximate surface area is 128 Å². The fraction of sp³-hybridized carbons (Fsp3) is 0.611. The SMILES string of the molecule is Cc1ccc(C)c(C(=O)C(C)N2CCCN(C)CC2C)c1. The standard InChI is InChI=1S/C18H28N2O/c1-13-7-8-14(2)17(11-13)18(21)16(4)20-10-6-9-19(5)12-15(20)3/h7-8,11,15-16H,6,9-10,12H2,1-5H3. The highest BCUT2D eigenvalue weighted by molar-refractivity contribution is 6.01. The van der Waals surface area contributed by atoms with E-state index in [0.717, 1.165) is 42.7 Å². The van der Waals surface area contributed by atoms with E-state index in [4.69, 9.17) is 0 Å². The lowest BCUT2D eigenvalue weighted by Gasteiger charge is -2.33. The van der Waals surface area contributed by atoms with E-state index in [-0.39, 0.29) is 11.8 Å². The average molecular weight is 288 g/mol. The summed E-state index contributed by atoms with van der Waals surface area (Å²) >= 11 is 0. The number of carbonyl (C=O) groups excluding carboxylic acids is 1. The van der Waals surface area contributed by atoms with Gasteiger partial charge in [-0.3, -0.25) is 9.69 Å². The first-order chi connectivity index (χ1) is 9.90. The molecular formula is C18H28N2O. The van der Waals surface area contributed by atoms with E-state index in [1.165, 1.54) is 0 Å². The van der Waals surface area contributed by atoms with Crippen LogP contribution in [0.25, 0.3) is 0 Å². The number of benzene rings is 1. The van der Waals surface area contributed by atoms with Crippen LogP contribution in [0.5, 0.6) is 0 Å². The summed E-state index contributed by atoms with van der Waals surface area (Å²) in [5, 5.41) is 0. The molecule has 21 heavy (non-hydrogen) atoms. The molecule has 1 aliphatic heterocycles. The molecule has 2 unspecified atom stereocenters. The van der Waals surface area contributed by atoms with Crippen molar-refractivity contribution < 1.29 is 4.79 Å². The van der Waals surface area contributed by atoms with Gasteiger partial charge in [0.2, 0.25) is 0 Å². The van der Waals surface area contributed by atoms with Crippen LogP contribution in [-0.4, -0.2) is 54.3 Å². The number of Topliss-reactive ketones (excluding diaryl/α,β-unsaturated/α-hetero) is 1. The largest absolute Gasteiger partial charge is 0.305 e. The summed E-state index contributed by atoms with van der Waals surface area (Å²) in [7, 11) is 2.16. The summed E-state index contributed by atoms with van der Waals surface area (Å²) in [5.41, 5.74) is 3.11. The molecule has 1 saturated heterocycles. The maximum Gasteiger partial charge on any atom is 0.179 e. The minimum absolute atomic E-state index is 0.0491. The number of rotatable bonds is 3. The van der Waals surface area contributed by atoms with E-state index in [9.17, 15) is 4.79 Å². The van der Waals surface area contributed by atoms with Gasteiger partial charge in [0.1, 0.15) is 0 Å². The zero-order valence-corrected chi connectivity index (χ0v) is 14.0. The van der Waals surface area contributed by atoms with Crippen molar-refractivity contribution in [2.24, 2.45) is 0 Å². The Morgan fingerprint density at radius 1 is 1.29 bits per heavy atom. The van der Waals surface area contributed by atoms with Gasteiger partial charge >= 0.3 is 0 Å². The average Bonchev–Trinajstić information content (AvgIpc) is 2.60. The molecule has 2 rings (SSSR count). The second kappa shape index (κ2) is 6.71. The molecule has 0 bridgehead atoms. The third kappa shape index (κ3) is 3.72. The molecule has 0 amide bonds. The number of hydrogen-bond donors (Lipinski definition) is 0. The van der Waals surface area contributed by atoms with Crippen LogP contribution in [0.1, 0.15) is 41.8 Å². The van der Waals surface area contributed by atoms with E-state index in [0.29, 0.717) is 6.04 Å². The molecule has 0 aromatic heterocycles. The van der Waals surface area contributed by atoms with Gasteiger partial charge in [0, 0.05) is 24.7 Å². The molecule has 1 aromatic rings. The minimum Gasteiger partial charge on any atom is -0.305 e. The first kappa shape index (κ1) is 16.2. The van der Waals surface area contributed by atoms with Crippen molar-refractivity contribution >= 4 is 5.78 Å². The lowest BCUT2D eigenvalue weighted by Crippen LogP contribution is -2.47. The second-order valence-electron chi connectivity index (χ2n) is 6.56. The molecule has 1 aromatic carbocycles. The Kier molecular flexibility index (Phi) is 5.17. The normalized spacial score (nSPS) is 22.8. The van der Waals surface area contributed by atoms with E-state index in [1.807, 2.05) is 19.9 Å². The number of carbonyl (C=O) groups is 1. The van der Waals surface area contributed by atoms with Gasteiger partial charge in [0.05, 0.1) is 6.04 Å². The molecule has 116 valence electrons. The monoisotopic (exact) mass is 288 g/mol. The van der Waals surface area contributed by atoms with Crippen molar-refractivity contribution in [2.45, 2.75) is 46.2 Å². The molecule has 0 spiro atoms. The molecule has 0 N–H and O–H groups in total. The van der Waals surface area contributed by atoms with Crippen LogP contribution >= 0.6 is 0 Å². The van der Waals surface area contributed by atoms with Gasteiger partial charge < -0.3 is 4.90 Å². The fourth-order valence-corrected chi connectivity index (χ4v) is 3.34. The molecule has 2 atom stereocenters. The molecular weight excluding hydrogens is 260 g/mol. The molecule has 0 saturated carbocycles. The Hall–Kier alpha value is -1.19. The van der Waals surface area contributed by atoms with Gasteiger partial charge in [-0.25, -0.2) is 0 Å². The smallest absolute Gasteiger partial charge is 0.179 e. The lowest BCUT2D eigenvalue weighted by atomic mass is 9.97. The van der Waals surface area contributed by atoms with Gasteiger partial charge in [0.25, 0.3) is 0 Å². The van der Waals surface area contributed by atoms with Crippen molar-refractivity contribution in [1.82, 2.24) is 9.80 Å². The zero-order valence-electron chi connectivity index (χ0n) is 14.0. The molecule has 0 radical (unpaired) electrons. The number of ketones is 1. The van der Waals surface area contributed by atoms with Crippen molar-refractivity contribution in [3.8, 4) is 0 Å². The summed E-state index contributed by atoms with van der Waals surface area (Å²) in [4.78, 5) is 17.6. The molecule has 3 nitrogen and oxygen atoms in total. The van der Waals surface area contributed by atoms with Crippen molar-refractivity contribution in [1.29, 1.82) is 0 Å². The van der Waals surface area contributed by atoms with E-state index in [1.54, 1.807) is 0 Å². The molecule has 0 aliphatic carbocycles. The first-order valence-corrected chi connectivity index (χ1v) is 7.96. The highest BCUT2D eigenvalue weighted by Gasteiger charge is 2.29. The van der Waals surface area contributed by atoms with E-state index in [2.05, 4.69) is 42.8 Å². The van der Waals surface area contributed by atoms with Crippen LogP contribution in [0.4, 0.5) is 0 Å². The van der Waals surface area contributed by atoms with Crippen molar-refractivity contribution in [2.75, 3.05) is 26.7 Å². The van der Waals surface area contributed by atoms with Gasteiger partial charge in [-0.2, -0.15) is 0 Å². The van der Waals surface area contributed by atoms with Crippen molar-refractivity contribution in [3.63, 3.8) is 0 Å². The van der Waals surface area contributed by atoms with Crippen molar-refractivity contribution in [3.05, 3.63) is 34.9 Å². The summed E-state index contributed by atoms with van der Waals surface area (Å²) < 4.78 is 0.